The second kappa shape index (κ2) is 21.0. The Bertz CT molecular complexity index is 3400. The van der Waals surface area contributed by atoms with Gasteiger partial charge in [-0.3, -0.25) is 4.72 Å². The van der Waals surface area contributed by atoms with Gasteiger partial charge in [-0.15, -0.1) is 10.2 Å². The number of methoxy groups -OCH3 is 3. The van der Waals surface area contributed by atoms with E-state index in [1.807, 2.05) is 6.92 Å². The number of hydrogen-bond acceptors (Lipinski definition) is 15. The van der Waals surface area contributed by atoms with Gasteiger partial charge in [0.1, 0.15) is 38.8 Å². The lowest BCUT2D eigenvalue weighted by Crippen LogP contribution is -2.57. The standard InChI is InChI=1S/C51H54N8O11S3/c1-34-10-24-41(25-11-34)72(63,64)55-48-44(9-8-28-52-48)43-26-27-45(71(61,62)42-32-57(33-42)50(60)70-51(2,3)4)47(46(43)49-53-56-59(54-49)31-37-16-22-40(69-7)23-17-37)73(65,66)58(29-35-12-18-38(67-5)19-13-35)30-36-14-20-39(68-6)21-15-36/h8-28,42H,29-33H2,1-7H3,(H,52,55). The van der Waals surface area contributed by atoms with E-state index in [2.05, 4.69) is 20.0 Å². The fourth-order valence-corrected chi connectivity index (χ4v) is 13.0. The fraction of sp³-hybridized carbons (Fsp3) is 0.275. The van der Waals surface area contributed by atoms with Crippen molar-refractivity contribution in [3.8, 4) is 39.8 Å². The highest BCUT2D eigenvalue weighted by atomic mass is 32.2. The SMILES string of the molecule is COc1ccc(CN(Cc2ccc(OC)cc2)S(=O)(=O)c2c(S(=O)(=O)C3CN(C(=O)OC(C)(C)C)C3)ccc(-c3cccnc3NS(=O)(=O)c3ccc(C)cc3)c2-c2nnn(Cc3ccc(OC)cc3)n2)cc1. The van der Waals surface area contributed by atoms with Crippen LogP contribution in [-0.2, 0) is 54.3 Å². The topological polar surface area (TPSA) is 231 Å². The van der Waals surface area contributed by atoms with E-state index in [4.69, 9.17) is 24.0 Å². The van der Waals surface area contributed by atoms with Gasteiger partial charge in [-0.05, 0) is 122 Å². The third-order valence-corrected chi connectivity index (χ3v) is 17.3. The monoisotopic (exact) mass is 1050 g/mol. The Morgan fingerprint density at radius 3 is 1.79 bits per heavy atom. The van der Waals surface area contributed by atoms with Gasteiger partial charge >= 0.3 is 6.09 Å². The third kappa shape index (κ3) is 11.6. The highest BCUT2D eigenvalue weighted by Crippen LogP contribution is 2.44. The number of benzene rings is 5. The molecule has 73 heavy (non-hydrogen) atoms. The molecule has 8 rings (SSSR count). The van der Waals surface area contributed by atoms with Gasteiger partial charge in [-0.1, -0.05) is 60.2 Å². The van der Waals surface area contributed by atoms with Crippen LogP contribution in [0.15, 0.2) is 142 Å². The number of sulfone groups is 1. The first-order chi connectivity index (χ1) is 34.7. The average Bonchev–Trinajstić information content (AvgIpc) is 3.81. The first kappa shape index (κ1) is 51.9. The lowest BCUT2D eigenvalue weighted by Gasteiger charge is -2.39. The van der Waals surface area contributed by atoms with Crippen LogP contribution in [0.4, 0.5) is 10.6 Å². The van der Waals surface area contributed by atoms with Crippen LogP contribution in [0.3, 0.4) is 0 Å². The fourth-order valence-electron chi connectivity index (χ4n) is 7.92. The van der Waals surface area contributed by atoms with E-state index in [0.717, 1.165) is 15.4 Å². The zero-order valence-electron chi connectivity index (χ0n) is 41.1. The molecule has 1 amide bonds. The minimum Gasteiger partial charge on any atom is -0.497 e. The molecule has 0 spiro atoms. The third-order valence-electron chi connectivity index (χ3n) is 11.8. The summed E-state index contributed by atoms with van der Waals surface area (Å²) in [5.41, 5.74) is 1.45. The molecule has 382 valence electrons. The summed E-state index contributed by atoms with van der Waals surface area (Å²) >= 11 is 0. The highest BCUT2D eigenvalue weighted by Gasteiger charge is 2.46. The van der Waals surface area contributed by atoms with Crippen LogP contribution in [0, 0.1) is 6.92 Å². The zero-order valence-corrected chi connectivity index (χ0v) is 43.5. The summed E-state index contributed by atoms with van der Waals surface area (Å²) in [6.07, 6.45) is 0.622. The van der Waals surface area contributed by atoms with Crippen molar-refractivity contribution in [3.05, 3.63) is 150 Å². The Balaban J connectivity index is 1.38. The molecule has 19 nitrogen and oxygen atoms in total. The van der Waals surface area contributed by atoms with E-state index in [1.54, 1.807) is 106 Å². The first-order valence-corrected chi connectivity index (χ1v) is 27.3. The summed E-state index contributed by atoms with van der Waals surface area (Å²) in [5, 5.41) is 12.1. The maximum atomic E-state index is 16.3. The normalized spacial score (nSPS) is 13.3. The summed E-state index contributed by atoms with van der Waals surface area (Å²) in [6, 6.07) is 32.3. The number of sulfonamides is 2. The summed E-state index contributed by atoms with van der Waals surface area (Å²) in [5.74, 6) is 1.12. The maximum absolute atomic E-state index is 16.3. The van der Waals surface area contributed by atoms with E-state index in [-0.39, 0.29) is 66.0 Å². The van der Waals surface area contributed by atoms with Crippen LogP contribution in [0.2, 0.25) is 0 Å². The van der Waals surface area contributed by atoms with Gasteiger partial charge in [0.25, 0.3) is 10.0 Å². The van der Waals surface area contributed by atoms with Crippen LogP contribution in [-0.4, -0.2) is 111 Å². The second-order valence-corrected chi connectivity index (χ2v) is 23.9. The van der Waals surface area contributed by atoms with Gasteiger partial charge in [0.2, 0.25) is 15.8 Å². The van der Waals surface area contributed by atoms with Crippen molar-refractivity contribution >= 4 is 41.8 Å². The Morgan fingerprint density at radius 1 is 0.712 bits per heavy atom. The number of pyridine rings is 1. The number of amides is 1. The minimum absolute atomic E-state index is 0.00550. The molecule has 0 saturated carbocycles. The largest absolute Gasteiger partial charge is 0.497 e. The van der Waals surface area contributed by atoms with Crippen LogP contribution in [0.1, 0.15) is 43.0 Å². The van der Waals surface area contributed by atoms with Gasteiger partial charge in [0, 0.05) is 37.9 Å². The molecular weight excluding hydrogens is 997 g/mol. The molecule has 22 heteroatoms. The van der Waals surface area contributed by atoms with Gasteiger partial charge in [0.15, 0.2) is 9.84 Å². The average molecular weight is 1050 g/mol. The van der Waals surface area contributed by atoms with Gasteiger partial charge < -0.3 is 23.8 Å². The Hall–Kier alpha value is -7.40. The van der Waals surface area contributed by atoms with E-state index in [9.17, 15) is 13.2 Å². The smallest absolute Gasteiger partial charge is 0.410 e. The summed E-state index contributed by atoms with van der Waals surface area (Å²) in [6.45, 7) is 5.76. The van der Waals surface area contributed by atoms with E-state index >= 15 is 16.8 Å². The number of rotatable bonds is 18. The van der Waals surface area contributed by atoms with Crippen molar-refractivity contribution in [1.82, 2.24) is 34.4 Å². The number of nitrogens with zero attached hydrogens (tertiary/aromatic N) is 7. The minimum atomic E-state index is -5.08. The van der Waals surface area contributed by atoms with Crippen molar-refractivity contribution in [1.29, 1.82) is 0 Å². The predicted octanol–water partition coefficient (Wildman–Crippen LogP) is 7.37. The summed E-state index contributed by atoms with van der Waals surface area (Å²) in [7, 11) is -9.54. The number of nitrogens with one attached hydrogen (secondary N) is 1. The number of hydrogen-bond donors (Lipinski definition) is 1. The molecule has 0 aliphatic carbocycles. The molecule has 0 unspecified atom stereocenters. The van der Waals surface area contributed by atoms with E-state index < -0.39 is 56.6 Å². The zero-order chi connectivity index (χ0) is 52.3. The van der Waals surface area contributed by atoms with Crippen LogP contribution >= 0.6 is 0 Å². The molecular formula is C51H54N8O11S3. The van der Waals surface area contributed by atoms with Crippen LogP contribution in [0.5, 0.6) is 17.2 Å². The molecule has 1 fully saturated rings. The predicted molar refractivity (Wildman–Crippen MR) is 272 cm³/mol. The Morgan fingerprint density at radius 2 is 1.26 bits per heavy atom. The maximum Gasteiger partial charge on any atom is 0.410 e. The van der Waals surface area contributed by atoms with E-state index in [0.29, 0.717) is 28.4 Å². The number of ether oxygens (including phenoxy) is 4. The number of tetrazole rings is 1. The Kier molecular flexibility index (Phi) is 14.9. The lowest BCUT2D eigenvalue weighted by molar-refractivity contribution is 0.0139. The van der Waals surface area contributed by atoms with Crippen LogP contribution < -0.4 is 18.9 Å². The molecule has 1 aliphatic heterocycles. The van der Waals surface area contributed by atoms with Crippen molar-refractivity contribution in [2.24, 2.45) is 0 Å². The van der Waals surface area contributed by atoms with Crippen molar-refractivity contribution < 1.29 is 49.0 Å². The number of aryl methyl sites for hydroxylation is 1. The van der Waals surface area contributed by atoms with Crippen molar-refractivity contribution in [2.45, 2.75) is 72.9 Å². The highest BCUT2D eigenvalue weighted by molar-refractivity contribution is 7.94. The summed E-state index contributed by atoms with van der Waals surface area (Å²) < 4.78 is 117. The first-order valence-electron chi connectivity index (χ1n) is 22.8. The molecule has 1 saturated heterocycles. The molecule has 0 atom stereocenters. The molecule has 1 aliphatic rings. The molecule has 7 aromatic rings. The van der Waals surface area contributed by atoms with Crippen molar-refractivity contribution in [3.63, 3.8) is 0 Å². The molecule has 5 aromatic carbocycles. The lowest BCUT2D eigenvalue weighted by atomic mass is 9.99. The molecule has 1 N–H and O–H groups in total. The van der Waals surface area contributed by atoms with Gasteiger partial charge in [0.05, 0.1) is 43.2 Å². The molecule has 2 aromatic heterocycles. The van der Waals surface area contributed by atoms with Gasteiger partial charge in [-0.25, -0.2) is 35.0 Å². The molecule has 0 bridgehead atoms. The van der Waals surface area contributed by atoms with E-state index in [1.165, 1.54) is 73.6 Å². The summed E-state index contributed by atoms with van der Waals surface area (Å²) in [4.78, 5) is 18.6. The van der Waals surface area contributed by atoms with Crippen LogP contribution in [0.25, 0.3) is 22.5 Å². The number of aromatic nitrogens is 5. The number of carbonyl (C=O) groups excluding carboxylic acids is 1. The molecule has 0 radical (unpaired) electrons. The number of carbonyl (C=O) groups is 1. The quantitative estimate of drug-likeness (QED) is 0.0884. The second-order valence-electron chi connectivity index (χ2n) is 18.1. The number of likely N-dealkylation sites (tertiary alicyclic amines) is 1. The Labute approximate surface area is 424 Å². The van der Waals surface area contributed by atoms with Gasteiger partial charge in [-0.2, -0.15) is 9.10 Å². The van der Waals surface area contributed by atoms with Crippen molar-refractivity contribution in [2.75, 3.05) is 39.1 Å². The molecule has 3 heterocycles. The number of anilines is 1.